The van der Waals surface area contributed by atoms with Gasteiger partial charge in [0.1, 0.15) is 24.4 Å². The van der Waals surface area contributed by atoms with Crippen LogP contribution in [0.25, 0.3) is 0 Å². The molecule has 1 aliphatic heterocycles. The number of aliphatic hydroxyl groups is 4. The lowest BCUT2D eigenvalue weighted by Crippen LogP contribution is -2.61. The Morgan fingerprint density at radius 3 is 1.29 bits per heavy atom. The third kappa shape index (κ3) is 32.7. The molecule has 0 aromatic heterocycles. The summed E-state index contributed by atoms with van der Waals surface area (Å²) in [5.74, 6) is -0.226. The molecule has 370 valence electrons. The maximum Gasteiger partial charge on any atom is 0.397 e. The molecular formula is C49H97NO11S. The molecule has 1 heterocycles. The number of carbonyl (C=O) groups excluding carboxylic acids is 1. The lowest BCUT2D eigenvalue weighted by molar-refractivity contribution is -0.298. The van der Waals surface area contributed by atoms with Crippen molar-refractivity contribution in [3.63, 3.8) is 0 Å². The van der Waals surface area contributed by atoms with Crippen LogP contribution in [0.2, 0.25) is 0 Å². The quantitative estimate of drug-likeness (QED) is 0.0252. The highest BCUT2D eigenvalue weighted by Gasteiger charge is 2.48. The highest BCUT2D eigenvalue weighted by molar-refractivity contribution is 7.80. The van der Waals surface area contributed by atoms with E-state index < -0.39 is 59.9 Å². The molecular weight excluding hydrogens is 811 g/mol. The Hall–Kier alpha value is -0.900. The monoisotopic (exact) mass is 908 g/mol. The molecule has 1 rings (SSSR count). The first-order valence-corrected chi connectivity index (χ1v) is 27.3. The summed E-state index contributed by atoms with van der Waals surface area (Å²) in [7, 11) is -5.07. The molecule has 1 fully saturated rings. The van der Waals surface area contributed by atoms with Crippen molar-refractivity contribution in [3.8, 4) is 0 Å². The van der Waals surface area contributed by atoms with Gasteiger partial charge in [0, 0.05) is 6.42 Å². The predicted molar refractivity (Wildman–Crippen MR) is 250 cm³/mol. The van der Waals surface area contributed by atoms with Gasteiger partial charge >= 0.3 is 10.4 Å². The average Bonchev–Trinajstić information content (AvgIpc) is 3.24. The molecule has 0 bridgehead atoms. The summed E-state index contributed by atoms with van der Waals surface area (Å²) in [5.41, 5.74) is 0. The average molecular weight is 908 g/mol. The van der Waals surface area contributed by atoms with Crippen LogP contribution in [0.5, 0.6) is 0 Å². The van der Waals surface area contributed by atoms with Crippen LogP contribution in [0.1, 0.15) is 251 Å². The topological polar surface area (TPSA) is 192 Å². The summed E-state index contributed by atoms with van der Waals surface area (Å²) >= 11 is 0. The Morgan fingerprint density at radius 2 is 0.935 bits per heavy atom. The number of rotatable bonds is 45. The number of amides is 1. The van der Waals surface area contributed by atoms with Crippen LogP contribution < -0.4 is 5.32 Å². The van der Waals surface area contributed by atoms with Crippen LogP contribution >= 0.6 is 0 Å². The van der Waals surface area contributed by atoms with E-state index in [1.165, 1.54) is 173 Å². The van der Waals surface area contributed by atoms with E-state index in [-0.39, 0.29) is 12.5 Å². The highest BCUT2D eigenvalue weighted by Crippen LogP contribution is 2.26. The lowest BCUT2D eigenvalue weighted by atomic mass is 9.99. The standard InChI is InChI=1S/C49H97NO11S/c1-3-5-7-9-11-13-15-17-18-19-20-21-22-23-24-25-26-27-28-30-32-34-36-38-43(52)42(50-45(53)39-37-35-33-31-29-16-14-12-10-8-6-4-2)41-59-49-47(55)48(61-62(56,57)58)46(54)44(40-51)60-49/h42-44,46-49,51-52,54-55H,3-41H2,1-2H3,(H,50,53)(H,56,57,58). The first-order chi connectivity index (χ1) is 30.0. The highest BCUT2D eigenvalue weighted by atomic mass is 32.3. The van der Waals surface area contributed by atoms with Gasteiger partial charge in [-0.2, -0.15) is 8.42 Å². The van der Waals surface area contributed by atoms with Crippen molar-refractivity contribution >= 4 is 16.3 Å². The van der Waals surface area contributed by atoms with E-state index in [0.717, 1.165) is 51.4 Å². The summed E-state index contributed by atoms with van der Waals surface area (Å²) in [4.78, 5) is 13.0. The third-order valence-corrected chi connectivity index (χ3v) is 13.1. The zero-order valence-corrected chi connectivity index (χ0v) is 40.5. The van der Waals surface area contributed by atoms with Gasteiger partial charge in [0.25, 0.3) is 0 Å². The van der Waals surface area contributed by atoms with Gasteiger partial charge in [-0.15, -0.1) is 0 Å². The largest absolute Gasteiger partial charge is 0.397 e. The van der Waals surface area contributed by atoms with Crippen molar-refractivity contribution in [2.45, 2.75) is 294 Å². The zero-order chi connectivity index (χ0) is 45.5. The fraction of sp³-hybridized carbons (Fsp3) is 0.980. The zero-order valence-electron chi connectivity index (χ0n) is 39.7. The number of aliphatic hydroxyl groups excluding tert-OH is 4. The van der Waals surface area contributed by atoms with E-state index in [1.54, 1.807) is 0 Å². The minimum absolute atomic E-state index is 0.226. The van der Waals surface area contributed by atoms with Crippen LogP contribution in [0.3, 0.4) is 0 Å². The second-order valence-electron chi connectivity index (χ2n) is 18.5. The number of carbonyl (C=O) groups is 1. The van der Waals surface area contributed by atoms with Crippen LogP contribution in [-0.4, -0.2) is 95.4 Å². The number of nitrogens with one attached hydrogen (secondary N) is 1. The molecule has 0 aliphatic carbocycles. The molecule has 13 heteroatoms. The van der Waals surface area contributed by atoms with Gasteiger partial charge < -0.3 is 35.2 Å². The number of hydrogen-bond donors (Lipinski definition) is 6. The minimum Gasteiger partial charge on any atom is -0.394 e. The Morgan fingerprint density at radius 1 is 0.581 bits per heavy atom. The Labute approximate surface area is 379 Å². The van der Waals surface area contributed by atoms with Crippen LogP contribution in [0, 0.1) is 0 Å². The minimum atomic E-state index is -5.07. The molecule has 0 saturated carbocycles. The van der Waals surface area contributed by atoms with Crippen molar-refractivity contribution in [2.24, 2.45) is 0 Å². The second kappa shape index (κ2) is 40.4. The van der Waals surface area contributed by atoms with Gasteiger partial charge in [0.05, 0.1) is 25.4 Å². The molecule has 1 saturated heterocycles. The van der Waals surface area contributed by atoms with E-state index in [0.29, 0.717) is 12.8 Å². The molecule has 0 aromatic carbocycles. The maximum absolute atomic E-state index is 13.0. The van der Waals surface area contributed by atoms with Gasteiger partial charge in [-0.05, 0) is 12.8 Å². The molecule has 0 radical (unpaired) electrons. The first-order valence-electron chi connectivity index (χ1n) is 25.9. The van der Waals surface area contributed by atoms with Crippen LogP contribution in [0.15, 0.2) is 0 Å². The molecule has 0 spiro atoms. The lowest BCUT2D eigenvalue weighted by Gasteiger charge is -2.41. The van der Waals surface area contributed by atoms with Crippen molar-refractivity contribution in [1.82, 2.24) is 5.32 Å². The number of ether oxygens (including phenoxy) is 2. The molecule has 0 aromatic rings. The van der Waals surface area contributed by atoms with Crippen molar-refractivity contribution in [2.75, 3.05) is 13.2 Å². The first kappa shape index (κ1) is 59.1. The van der Waals surface area contributed by atoms with E-state index in [2.05, 4.69) is 23.3 Å². The molecule has 1 amide bonds. The van der Waals surface area contributed by atoms with Crippen LogP contribution in [0.4, 0.5) is 0 Å². The predicted octanol–water partition coefficient (Wildman–Crippen LogP) is 10.9. The summed E-state index contributed by atoms with van der Waals surface area (Å²) in [6.07, 6.45) is 35.4. The van der Waals surface area contributed by atoms with Crippen molar-refractivity contribution < 1.29 is 51.8 Å². The van der Waals surface area contributed by atoms with Gasteiger partial charge in [0.2, 0.25) is 5.91 Å². The molecule has 1 aliphatic rings. The SMILES string of the molecule is CCCCCCCCCCCCCCCCCCCCCCCCCC(O)C(COC1OC(CO)C(O)C(OS(=O)(=O)O)C1O)NC(=O)CCCCCCCCCCCCCC. The molecule has 62 heavy (non-hydrogen) atoms. The normalized spacial score (nSPS) is 20.4. The molecule has 6 N–H and O–H groups in total. The van der Waals surface area contributed by atoms with E-state index in [9.17, 15) is 38.2 Å². The summed E-state index contributed by atoms with van der Waals surface area (Å²) in [6.45, 7) is 3.47. The summed E-state index contributed by atoms with van der Waals surface area (Å²) in [5, 5.41) is 44.9. The van der Waals surface area contributed by atoms with Gasteiger partial charge in [-0.1, -0.05) is 232 Å². The fourth-order valence-electron chi connectivity index (χ4n) is 8.64. The van der Waals surface area contributed by atoms with E-state index >= 15 is 0 Å². The summed E-state index contributed by atoms with van der Waals surface area (Å²) in [6, 6.07) is -0.851. The summed E-state index contributed by atoms with van der Waals surface area (Å²) < 4.78 is 47.7. The van der Waals surface area contributed by atoms with Crippen LogP contribution in [-0.2, 0) is 28.9 Å². The van der Waals surface area contributed by atoms with Crippen molar-refractivity contribution in [1.29, 1.82) is 0 Å². The van der Waals surface area contributed by atoms with Gasteiger partial charge in [0.15, 0.2) is 6.29 Å². The van der Waals surface area contributed by atoms with Crippen molar-refractivity contribution in [3.05, 3.63) is 0 Å². The Balaban J connectivity index is 2.37. The van der Waals surface area contributed by atoms with Gasteiger partial charge in [-0.25, -0.2) is 4.18 Å². The van der Waals surface area contributed by atoms with E-state index in [4.69, 9.17) is 9.47 Å². The second-order valence-corrected chi connectivity index (χ2v) is 19.5. The third-order valence-electron chi connectivity index (χ3n) is 12.7. The number of hydrogen-bond acceptors (Lipinski definition) is 10. The maximum atomic E-state index is 13.0. The molecule has 7 unspecified atom stereocenters. The Bertz CT molecular complexity index is 1120. The number of unbranched alkanes of at least 4 members (excludes halogenated alkanes) is 33. The van der Waals surface area contributed by atoms with E-state index in [1.807, 2.05) is 0 Å². The fourth-order valence-corrected chi connectivity index (χ4v) is 9.15. The smallest absolute Gasteiger partial charge is 0.394 e. The Kier molecular flexibility index (Phi) is 38.5. The molecule has 12 nitrogen and oxygen atoms in total. The van der Waals surface area contributed by atoms with Gasteiger partial charge in [-0.3, -0.25) is 9.35 Å². The molecule has 7 atom stereocenters.